The predicted molar refractivity (Wildman–Crippen MR) is 131 cm³/mol. The van der Waals surface area contributed by atoms with Gasteiger partial charge in [0.05, 0.1) is 20.3 Å². The van der Waals surface area contributed by atoms with Crippen LogP contribution in [0.25, 0.3) is 0 Å². The van der Waals surface area contributed by atoms with Gasteiger partial charge in [-0.3, -0.25) is 0 Å². The van der Waals surface area contributed by atoms with Crippen LogP contribution >= 0.6 is 0 Å². The number of hydrogen-bond acceptors (Lipinski definition) is 8. The van der Waals surface area contributed by atoms with Gasteiger partial charge in [-0.05, 0) is 74.2 Å². The molecule has 192 valence electrons. The van der Waals surface area contributed by atoms with Crippen LogP contribution in [0.5, 0.6) is 11.5 Å². The summed E-state index contributed by atoms with van der Waals surface area (Å²) in [7, 11) is -11.5. The van der Waals surface area contributed by atoms with Gasteiger partial charge in [0.2, 0.25) is 9.84 Å². The third-order valence-corrected chi connectivity index (χ3v) is 11.8. The van der Waals surface area contributed by atoms with Gasteiger partial charge in [0.1, 0.15) is 11.5 Å². The SMILES string of the molecule is O=S(=O)(c1ccc(OS(=O)(=O)C2CCCCC2)cc1)c1ccc(OS(=O)(=O)C2CCCCC2)cc1. The number of sulfone groups is 1. The van der Waals surface area contributed by atoms with E-state index >= 15 is 0 Å². The average Bonchev–Trinajstić information content (AvgIpc) is 2.85. The summed E-state index contributed by atoms with van der Waals surface area (Å²) in [6.07, 6.45) is 7.69. The first-order valence-corrected chi connectivity index (χ1v) is 16.3. The zero-order valence-electron chi connectivity index (χ0n) is 19.3. The molecular weight excluding hydrogens is 512 g/mol. The van der Waals surface area contributed by atoms with Gasteiger partial charge >= 0.3 is 20.2 Å². The normalized spacial score (nSPS) is 18.7. The van der Waals surface area contributed by atoms with Gasteiger partial charge in [0, 0.05) is 0 Å². The molecule has 2 aromatic rings. The van der Waals surface area contributed by atoms with Crippen LogP contribution in [0.2, 0.25) is 0 Å². The van der Waals surface area contributed by atoms with Gasteiger partial charge in [-0.1, -0.05) is 38.5 Å². The molecule has 0 bridgehead atoms. The summed E-state index contributed by atoms with van der Waals surface area (Å²) in [5.74, 6) is 0.123. The van der Waals surface area contributed by atoms with Crippen LogP contribution in [-0.4, -0.2) is 35.8 Å². The maximum absolute atomic E-state index is 13.0. The Balaban J connectivity index is 1.44. The second kappa shape index (κ2) is 10.5. The van der Waals surface area contributed by atoms with E-state index in [1.54, 1.807) is 0 Å². The van der Waals surface area contributed by atoms with Crippen LogP contribution in [0, 0.1) is 0 Å². The molecule has 0 N–H and O–H groups in total. The standard InChI is InChI=1S/C24H30O8S3/c25-33(26,21-15-11-19(12-16-21)31-34(27,28)23-7-3-1-4-8-23)22-17-13-20(14-18-22)32-35(29,30)24-9-5-2-6-10-24/h11-18,23-24H,1-10H2. The molecule has 0 saturated heterocycles. The number of hydrogen-bond donors (Lipinski definition) is 0. The molecule has 11 heteroatoms. The fourth-order valence-electron chi connectivity index (χ4n) is 4.60. The summed E-state index contributed by atoms with van der Waals surface area (Å²) in [6, 6.07) is 10.4. The minimum absolute atomic E-state index is 0.0385. The van der Waals surface area contributed by atoms with Crippen LogP contribution in [0.1, 0.15) is 64.2 Å². The molecule has 0 aliphatic heterocycles. The van der Waals surface area contributed by atoms with Crippen molar-refractivity contribution >= 4 is 30.1 Å². The average molecular weight is 543 g/mol. The summed E-state index contributed by atoms with van der Waals surface area (Å²) in [5.41, 5.74) is 0. The quantitative estimate of drug-likeness (QED) is 0.444. The number of rotatable bonds is 8. The Bertz CT molecular complexity index is 1220. The fourth-order valence-corrected chi connectivity index (χ4v) is 8.71. The Hall–Kier alpha value is -2.11. The van der Waals surface area contributed by atoms with E-state index in [9.17, 15) is 25.3 Å². The van der Waals surface area contributed by atoms with Gasteiger partial charge < -0.3 is 8.37 Å². The minimum Gasteiger partial charge on any atom is -0.382 e. The summed E-state index contributed by atoms with van der Waals surface area (Å²) in [6.45, 7) is 0. The summed E-state index contributed by atoms with van der Waals surface area (Å²) < 4.78 is 86.4. The second-order valence-corrected chi connectivity index (χ2v) is 14.7. The van der Waals surface area contributed by atoms with Gasteiger partial charge in [-0.25, -0.2) is 8.42 Å². The van der Waals surface area contributed by atoms with E-state index < -0.39 is 40.6 Å². The van der Waals surface area contributed by atoms with Crippen molar-refractivity contribution in [2.45, 2.75) is 84.5 Å². The van der Waals surface area contributed by atoms with Crippen molar-refractivity contribution in [2.75, 3.05) is 0 Å². The maximum Gasteiger partial charge on any atom is 0.312 e. The molecule has 0 unspecified atom stereocenters. The van der Waals surface area contributed by atoms with Gasteiger partial charge in [0.25, 0.3) is 0 Å². The molecule has 0 radical (unpaired) electrons. The molecule has 8 nitrogen and oxygen atoms in total. The highest BCUT2D eigenvalue weighted by molar-refractivity contribution is 7.91. The highest BCUT2D eigenvalue weighted by atomic mass is 32.2. The first-order valence-electron chi connectivity index (χ1n) is 11.9. The Morgan fingerprint density at radius 1 is 0.486 bits per heavy atom. The van der Waals surface area contributed by atoms with Crippen LogP contribution in [0.4, 0.5) is 0 Å². The van der Waals surface area contributed by atoms with E-state index in [-0.39, 0.29) is 21.3 Å². The van der Waals surface area contributed by atoms with Crippen LogP contribution < -0.4 is 8.37 Å². The van der Waals surface area contributed by atoms with E-state index in [0.717, 1.165) is 38.5 Å². The lowest BCUT2D eigenvalue weighted by Gasteiger charge is -2.21. The topological polar surface area (TPSA) is 121 Å². The van der Waals surface area contributed by atoms with Crippen LogP contribution in [-0.2, 0) is 30.1 Å². The molecule has 2 aliphatic carbocycles. The molecule has 0 amide bonds. The Labute approximate surface area is 207 Å². The van der Waals surface area contributed by atoms with E-state index in [2.05, 4.69) is 0 Å². The summed E-state index contributed by atoms with van der Waals surface area (Å²) in [4.78, 5) is -0.0770. The predicted octanol–water partition coefficient (Wildman–Crippen LogP) is 4.60. The molecule has 0 heterocycles. The van der Waals surface area contributed by atoms with Gasteiger partial charge in [0.15, 0.2) is 0 Å². The maximum atomic E-state index is 13.0. The van der Waals surface area contributed by atoms with Gasteiger partial charge in [-0.2, -0.15) is 16.8 Å². The van der Waals surface area contributed by atoms with Crippen molar-refractivity contribution in [1.82, 2.24) is 0 Å². The zero-order valence-corrected chi connectivity index (χ0v) is 21.8. The monoisotopic (exact) mass is 542 g/mol. The van der Waals surface area contributed by atoms with Crippen LogP contribution in [0.15, 0.2) is 58.3 Å². The van der Waals surface area contributed by atoms with Crippen molar-refractivity contribution in [3.63, 3.8) is 0 Å². The molecule has 0 atom stereocenters. The third kappa shape index (κ3) is 6.18. The lowest BCUT2D eigenvalue weighted by molar-refractivity contribution is 0.428. The largest absolute Gasteiger partial charge is 0.382 e. The highest BCUT2D eigenvalue weighted by Gasteiger charge is 2.30. The molecule has 2 fully saturated rings. The molecular formula is C24H30O8S3. The minimum atomic E-state index is -3.91. The Kier molecular flexibility index (Phi) is 7.77. The van der Waals surface area contributed by atoms with Crippen molar-refractivity contribution in [3.8, 4) is 11.5 Å². The van der Waals surface area contributed by atoms with Crippen molar-refractivity contribution < 1.29 is 33.6 Å². The lowest BCUT2D eigenvalue weighted by atomic mass is 10.0. The van der Waals surface area contributed by atoms with E-state index in [1.807, 2.05) is 0 Å². The molecule has 35 heavy (non-hydrogen) atoms. The molecule has 2 aliphatic rings. The smallest absolute Gasteiger partial charge is 0.312 e. The first kappa shape index (κ1) is 26.0. The molecule has 2 saturated carbocycles. The third-order valence-electron chi connectivity index (χ3n) is 6.61. The Morgan fingerprint density at radius 2 is 0.800 bits per heavy atom. The van der Waals surface area contributed by atoms with Crippen molar-refractivity contribution in [2.24, 2.45) is 0 Å². The summed E-state index contributed by atoms with van der Waals surface area (Å²) in [5, 5.41) is -1.08. The lowest BCUT2D eigenvalue weighted by Crippen LogP contribution is -2.28. The number of benzene rings is 2. The van der Waals surface area contributed by atoms with Crippen molar-refractivity contribution in [3.05, 3.63) is 48.5 Å². The van der Waals surface area contributed by atoms with Crippen molar-refractivity contribution in [1.29, 1.82) is 0 Å². The van der Waals surface area contributed by atoms with Gasteiger partial charge in [-0.15, -0.1) is 0 Å². The van der Waals surface area contributed by atoms with E-state index in [0.29, 0.717) is 25.7 Å². The zero-order chi connectivity index (χ0) is 25.1. The fraction of sp³-hybridized carbons (Fsp3) is 0.500. The Morgan fingerprint density at radius 3 is 1.11 bits per heavy atom. The molecule has 4 rings (SSSR count). The van der Waals surface area contributed by atoms with Crippen LogP contribution in [0.3, 0.4) is 0 Å². The first-order chi connectivity index (χ1) is 16.6. The summed E-state index contributed by atoms with van der Waals surface area (Å²) >= 11 is 0. The molecule has 0 spiro atoms. The molecule has 2 aromatic carbocycles. The van der Waals surface area contributed by atoms with E-state index in [1.165, 1.54) is 48.5 Å². The second-order valence-electron chi connectivity index (χ2n) is 9.12. The molecule has 0 aromatic heterocycles. The van der Waals surface area contributed by atoms with E-state index in [4.69, 9.17) is 8.37 Å². The highest BCUT2D eigenvalue weighted by Crippen LogP contribution is 2.30.